The fraction of sp³-hybridized carbons (Fsp3) is 0.389. The number of Topliss-reactive ketones (excluding diaryl/α,β-unsaturated/α-hetero) is 1. The van der Waals surface area contributed by atoms with Gasteiger partial charge in [0.15, 0.2) is 5.78 Å². The molecule has 104 valence electrons. The molecule has 1 aliphatic carbocycles. The van der Waals surface area contributed by atoms with Crippen molar-refractivity contribution in [2.75, 3.05) is 0 Å². The van der Waals surface area contributed by atoms with E-state index in [0.29, 0.717) is 5.92 Å². The maximum Gasteiger partial charge on any atom is 0.183 e. The van der Waals surface area contributed by atoms with Gasteiger partial charge in [-0.25, -0.2) is 0 Å². The molecule has 2 aromatic carbocycles. The Kier molecular flexibility index (Phi) is 3.35. The van der Waals surface area contributed by atoms with Gasteiger partial charge in [0, 0.05) is 5.56 Å². The summed E-state index contributed by atoms with van der Waals surface area (Å²) in [5.74, 6) is 0.647. The van der Waals surface area contributed by atoms with Gasteiger partial charge >= 0.3 is 0 Å². The van der Waals surface area contributed by atoms with Gasteiger partial charge in [0.2, 0.25) is 0 Å². The van der Waals surface area contributed by atoms with E-state index in [2.05, 4.69) is 6.92 Å². The average molecular weight is 267 g/mol. The molecular formula is C18H21NO. The maximum absolute atomic E-state index is 13.0. The number of hydrogen-bond donors (Lipinski definition) is 1. The van der Waals surface area contributed by atoms with Crippen LogP contribution in [0.2, 0.25) is 0 Å². The van der Waals surface area contributed by atoms with E-state index in [1.165, 1.54) is 6.42 Å². The van der Waals surface area contributed by atoms with Crippen molar-refractivity contribution in [2.24, 2.45) is 11.7 Å². The van der Waals surface area contributed by atoms with Crippen LogP contribution in [-0.2, 0) is 0 Å². The fourth-order valence-corrected chi connectivity index (χ4v) is 3.49. The van der Waals surface area contributed by atoms with E-state index in [9.17, 15) is 4.79 Å². The van der Waals surface area contributed by atoms with Gasteiger partial charge in [-0.05, 0) is 29.5 Å². The van der Waals surface area contributed by atoms with E-state index in [0.717, 1.165) is 35.6 Å². The molecule has 0 bridgehead atoms. The van der Waals surface area contributed by atoms with Gasteiger partial charge in [-0.15, -0.1) is 0 Å². The van der Waals surface area contributed by atoms with Crippen LogP contribution in [0.1, 0.15) is 43.0 Å². The molecule has 0 amide bonds. The SMILES string of the molecule is CC1CCCC(N)(C(=O)c2cccc3ccccc23)C1. The smallest absolute Gasteiger partial charge is 0.183 e. The Hall–Kier alpha value is -1.67. The first-order valence-corrected chi connectivity index (χ1v) is 7.42. The number of ketones is 1. The molecule has 1 fully saturated rings. The van der Waals surface area contributed by atoms with Crippen LogP contribution in [0.25, 0.3) is 10.8 Å². The molecule has 2 atom stereocenters. The lowest BCUT2D eigenvalue weighted by atomic mass is 9.73. The summed E-state index contributed by atoms with van der Waals surface area (Å²) < 4.78 is 0. The highest BCUT2D eigenvalue weighted by atomic mass is 16.1. The van der Waals surface area contributed by atoms with Crippen LogP contribution in [0.5, 0.6) is 0 Å². The van der Waals surface area contributed by atoms with Crippen molar-refractivity contribution in [1.82, 2.24) is 0 Å². The molecule has 0 radical (unpaired) electrons. The molecule has 0 heterocycles. The number of benzene rings is 2. The monoisotopic (exact) mass is 267 g/mol. The van der Waals surface area contributed by atoms with E-state index < -0.39 is 5.54 Å². The molecule has 2 N–H and O–H groups in total. The summed E-state index contributed by atoms with van der Waals surface area (Å²) in [4.78, 5) is 13.0. The third-order valence-corrected chi connectivity index (χ3v) is 4.52. The zero-order valence-corrected chi connectivity index (χ0v) is 11.9. The minimum Gasteiger partial charge on any atom is -0.319 e. The standard InChI is InChI=1S/C18H21NO/c1-13-6-5-11-18(19,12-13)17(20)16-10-4-8-14-7-2-3-9-15(14)16/h2-4,7-10,13H,5-6,11-12,19H2,1H3. The first-order valence-electron chi connectivity index (χ1n) is 7.42. The van der Waals surface area contributed by atoms with Gasteiger partial charge < -0.3 is 5.73 Å². The molecule has 2 nitrogen and oxygen atoms in total. The number of fused-ring (bicyclic) bond motifs is 1. The van der Waals surface area contributed by atoms with E-state index in [1.807, 2.05) is 42.5 Å². The molecule has 2 aromatic rings. The minimum absolute atomic E-state index is 0.112. The number of nitrogens with two attached hydrogens (primary N) is 1. The lowest BCUT2D eigenvalue weighted by molar-refractivity contribution is 0.0821. The Morgan fingerprint density at radius 1 is 1.20 bits per heavy atom. The molecule has 1 saturated carbocycles. The van der Waals surface area contributed by atoms with Gasteiger partial charge in [-0.2, -0.15) is 0 Å². The first kappa shape index (κ1) is 13.3. The summed E-state index contributed by atoms with van der Waals surface area (Å²) >= 11 is 0. The topological polar surface area (TPSA) is 43.1 Å². The summed E-state index contributed by atoms with van der Waals surface area (Å²) in [5.41, 5.74) is 6.57. The molecular weight excluding hydrogens is 246 g/mol. The van der Waals surface area contributed by atoms with Crippen molar-refractivity contribution in [3.8, 4) is 0 Å². The Balaban J connectivity index is 2.04. The van der Waals surface area contributed by atoms with Crippen molar-refractivity contribution < 1.29 is 4.79 Å². The van der Waals surface area contributed by atoms with Crippen LogP contribution in [0, 0.1) is 5.92 Å². The Morgan fingerprint density at radius 2 is 1.95 bits per heavy atom. The van der Waals surface area contributed by atoms with Crippen molar-refractivity contribution in [2.45, 2.75) is 38.1 Å². The van der Waals surface area contributed by atoms with E-state index in [-0.39, 0.29) is 5.78 Å². The largest absolute Gasteiger partial charge is 0.319 e. The summed E-state index contributed by atoms with van der Waals surface area (Å²) in [5, 5.41) is 2.12. The summed E-state index contributed by atoms with van der Waals surface area (Å²) in [6.07, 6.45) is 3.84. The second-order valence-electron chi connectivity index (χ2n) is 6.21. The molecule has 20 heavy (non-hydrogen) atoms. The number of hydrogen-bond acceptors (Lipinski definition) is 2. The minimum atomic E-state index is -0.679. The van der Waals surface area contributed by atoms with Gasteiger partial charge in [0.05, 0.1) is 5.54 Å². The van der Waals surface area contributed by atoms with E-state index in [4.69, 9.17) is 5.73 Å². The third kappa shape index (κ3) is 2.25. The van der Waals surface area contributed by atoms with Crippen molar-refractivity contribution in [3.05, 3.63) is 48.0 Å². The number of carbonyl (C=O) groups is 1. The molecule has 0 spiro atoms. The summed E-state index contributed by atoms with van der Waals surface area (Å²) in [6.45, 7) is 2.19. The van der Waals surface area contributed by atoms with Crippen LogP contribution in [0.4, 0.5) is 0 Å². The van der Waals surface area contributed by atoms with Crippen LogP contribution in [0.3, 0.4) is 0 Å². The Bertz CT molecular complexity index is 643. The van der Waals surface area contributed by atoms with Crippen LogP contribution in [-0.4, -0.2) is 11.3 Å². The van der Waals surface area contributed by atoms with Gasteiger partial charge in [-0.1, -0.05) is 62.2 Å². The zero-order chi connectivity index (χ0) is 14.2. The van der Waals surface area contributed by atoms with Crippen molar-refractivity contribution >= 4 is 16.6 Å². The molecule has 0 saturated heterocycles. The van der Waals surface area contributed by atoms with Crippen LogP contribution >= 0.6 is 0 Å². The van der Waals surface area contributed by atoms with Gasteiger partial charge in [-0.3, -0.25) is 4.79 Å². The lowest BCUT2D eigenvalue weighted by Gasteiger charge is -2.35. The van der Waals surface area contributed by atoms with Gasteiger partial charge in [0.25, 0.3) is 0 Å². The average Bonchev–Trinajstić information content (AvgIpc) is 2.45. The predicted molar refractivity (Wildman–Crippen MR) is 82.8 cm³/mol. The zero-order valence-electron chi connectivity index (χ0n) is 11.9. The van der Waals surface area contributed by atoms with Crippen molar-refractivity contribution in [3.63, 3.8) is 0 Å². The normalized spacial score (nSPS) is 26.6. The Morgan fingerprint density at radius 3 is 2.75 bits per heavy atom. The lowest BCUT2D eigenvalue weighted by Crippen LogP contribution is -2.51. The molecule has 1 aliphatic rings. The fourth-order valence-electron chi connectivity index (χ4n) is 3.49. The molecule has 2 unspecified atom stereocenters. The number of carbonyl (C=O) groups excluding carboxylic acids is 1. The van der Waals surface area contributed by atoms with E-state index in [1.54, 1.807) is 0 Å². The summed E-state index contributed by atoms with van der Waals surface area (Å²) in [6, 6.07) is 13.9. The van der Waals surface area contributed by atoms with Crippen LogP contribution < -0.4 is 5.73 Å². The maximum atomic E-state index is 13.0. The second kappa shape index (κ2) is 5.02. The summed E-state index contributed by atoms with van der Waals surface area (Å²) in [7, 11) is 0. The van der Waals surface area contributed by atoms with Gasteiger partial charge in [0.1, 0.15) is 0 Å². The van der Waals surface area contributed by atoms with Crippen molar-refractivity contribution in [1.29, 1.82) is 0 Å². The van der Waals surface area contributed by atoms with Crippen LogP contribution in [0.15, 0.2) is 42.5 Å². The molecule has 0 aromatic heterocycles. The highest BCUT2D eigenvalue weighted by Crippen LogP contribution is 2.34. The molecule has 3 rings (SSSR count). The highest BCUT2D eigenvalue weighted by Gasteiger charge is 2.38. The third-order valence-electron chi connectivity index (χ3n) is 4.52. The quantitative estimate of drug-likeness (QED) is 0.838. The first-order chi connectivity index (χ1) is 9.60. The molecule has 2 heteroatoms. The second-order valence-corrected chi connectivity index (χ2v) is 6.21. The predicted octanol–water partition coefficient (Wildman–Crippen LogP) is 3.93. The number of rotatable bonds is 2. The Labute approximate surface area is 120 Å². The molecule has 0 aliphatic heterocycles. The highest BCUT2D eigenvalue weighted by molar-refractivity contribution is 6.12. The van der Waals surface area contributed by atoms with E-state index >= 15 is 0 Å².